The van der Waals surface area contributed by atoms with Crippen LogP contribution < -0.4 is 0 Å². The van der Waals surface area contributed by atoms with Gasteiger partial charge in [0.05, 0.1) is 18.0 Å². The van der Waals surface area contributed by atoms with E-state index in [0.717, 1.165) is 40.5 Å². The van der Waals surface area contributed by atoms with E-state index in [1.165, 1.54) is 5.56 Å². The molecule has 0 radical (unpaired) electrons. The predicted molar refractivity (Wildman–Crippen MR) is 90.6 cm³/mol. The molecule has 3 nitrogen and oxygen atoms in total. The molecule has 1 unspecified atom stereocenters. The van der Waals surface area contributed by atoms with Gasteiger partial charge in [-0.25, -0.2) is 4.98 Å². The molecule has 0 bridgehead atoms. The number of furan rings is 1. The van der Waals surface area contributed by atoms with Gasteiger partial charge in [-0.2, -0.15) is 0 Å². The van der Waals surface area contributed by atoms with Gasteiger partial charge < -0.3 is 8.83 Å². The van der Waals surface area contributed by atoms with Crippen LogP contribution in [-0.4, -0.2) is 4.98 Å². The molecular weight excluding hydrogens is 286 g/mol. The molecule has 1 aliphatic carbocycles. The van der Waals surface area contributed by atoms with Gasteiger partial charge in [-0.1, -0.05) is 35.9 Å². The molecule has 0 saturated heterocycles. The van der Waals surface area contributed by atoms with Crippen LogP contribution in [0.25, 0.3) is 11.0 Å². The average molecular weight is 305 g/mol. The number of fused-ring (bicyclic) bond motifs is 1. The molecule has 0 N–H and O–H groups in total. The number of allylic oxidation sites excluding steroid dienone is 4. The lowest BCUT2D eigenvalue weighted by Gasteiger charge is -2.07. The van der Waals surface area contributed by atoms with Crippen molar-refractivity contribution in [3.63, 3.8) is 0 Å². The van der Waals surface area contributed by atoms with E-state index in [1.807, 2.05) is 13.0 Å². The summed E-state index contributed by atoms with van der Waals surface area (Å²) in [6, 6.07) is 8.33. The number of hydrogen-bond donors (Lipinski definition) is 0. The third-order valence-electron chi connectivity index (χ3n) is 4.27. The summed E-state index contributed by atoms with van der Waals surface area (Å²) in [6.07, 6.45) is 10.00. The Balaban J connectivity index is 1.61. The Morgan fingerprint density at radius 2 is 2.04 bits per heavy atom. The Kier molecular flexibility index (Phi) is 3.41. The summed E-state index contributed by atoms with van der Waals surface area (Å²) in [5, 5.41) is 1.14. The van der Waals surface area contributed by atoms with Crippen LogP contribution in [0.2, 0.25) is 0 Å². The molecule has 1 aromatic carbocycles. The largest absolute Gasteiger partial charge is 0.461 e. The molecule has 3 aromatic rings. The summed E-state index contributed by atoms with van der Waals surface area (Å²) in [5.74, 6) is 2.84. The summed E-state index contributed by atoms with van der Waals surface area (Å²) in [6.45, 7) is 4.06. The number of benzene rings is 1. The molecule has 2 heterocycles. The Hall–Kier alpha value is -2.55. The number of rotatable bonds is 3. The van der Waals surface area contributed by atoms with E-state index in [-0.39, 0.29) is 5.92 Å². The monoisotopic (exact) mass is 305 g/mol. The minimum Gasteiger partial charge on any atom is -0.461 e. The first-order valence-corrected chi connectivity index (χ1v) is 7.97. The zero-order valence-corrected chi connectivity index (χ0v) is 13.4. The molecule has 0 saturated carbocycles. The first-order chi connectivity index (χ1) is 11.2. The van der Waals surface area contributed by atoms with E-state index in [4.69, 9.17) is 13.8 Å². The maximum atomic E-state index is 5.93. The van der Waals surface area contributed by atoms with Crippen molar-refractivity contribution in [2.75, 3.05) is 0 Å². The van der Waals surface area contributed by atoms with E-state index in [0.29, 0.717) is 6.42 Å². The second kappa shape index (κ2) is 5.58. The third-order valence-corrected chi connectivity index (χ3v) is 4.27. The van der Waals surface area contributed by atoms with Gasteiger partial charge in [-0.05, 0) is 38.5 Å². The van der Waals surface area contributed by atoms with E-state index < -0.39 is 0 Å². The zero-order valence-electron chi connectivity index (χ0n) is 13.4. The Bertz CT molecular complexity index is 911. The summed E-state index contributed by atoms with van der Waals surface area (Å²) in [7, 11) is 0. The number of aromatic nitrogens is 1. The normalized spacial score (nSPS) is 17.2. The SMILES string of the molecule is Cc1ccc2oc(Cc3nc(C4C=CC=CC4)oc3C)cc2c1. The molecule has 23 heavy (non-hydrogen) atoms. The Morgan fingerprint density at radius 3 is 2.87 bits per heavy atom. The van der Waals surface area contributed by atoms with E-state index in [1.54, 1.807) is 0 Å². The van der Waals surface area contributed by atoms with Crippen molar-refractivity contribution in [2.24, 2.45) is 0 Å². The van der Waals surface area contributed by atoms with Crippen molar-refractivity contribution in [2.45, 2.75) is 32.6 Å². The van der Waals surface area contributed by atoms with Crippen LogP contribution in [0.1, 0.15) is 41.0 Å². The Morgan fingerprint density at radius 1 is 1.13 bits per heavy atom. The molecule has 2 aromatic heterocycles. The van der Waals surface area contributed by atoms with Crippen molar-refractivity contribution in [1.82, 2.24) is 4.98 Å². The van der Waals surface area contributed by atoms with Crippen molar-refractivity contribution in [3.8, 4) is 0 Å². The van der Waals surface area contributed by atoms with Crippen LogP contribution in [0, 0.1) is 13.8 Å². The summed E-state index contributed by atoms with van der Waals surface area (Å²) < 4.78 is 11.8. The van der Waals surface area contributed by atoms with Crippen molar-refractivity contribution in [3.05, 3.63) is 77.2 Å². The Labute approximate surface area is 135 Å². The van der Waals surface area contributed by atoms with Crippen LogP contribution in [0.5, 0.6) is 0 Å². The van der Waals surface area contributed by atoms with Gasteiger partial charge >= 0.3 is 0 Å². The smallest absolute Gasteiger partial charge is 0.201 e. The van der Waals surface area contributed by atoms with Gasteiger partial charge in [0.2, 0.25) is 5.89 Å². The van der Waals surface area contributed by atoms with Gasteiger partial charge in [0.1, 0.15) is 17.1 Å². The maximum absolute atomic E-state index is 5.93. The molecule has 116 valence electrons. The summed E-state index contributed by atoms with van der Waals surface area (Å²) in [4.78, 5) is 4.70. The molecule has 0 amide bonds. The van der Waals surface area contributed by atoms with Crippen LogP contribution in [0.15, 0.2) is 57.4 Å². The number of hydrogen-bond acceptors (Lipinski definition) is 3. The summed E-state index contributed by atoms with van der Waals surface area (Å²) in [5.41, 5.74) is 3.12. The molecule has 0 spiro atoms. The van der Waals surface area contributed by atoms with Crippen molar-refractivity contribution in [1.29, 1.82) is 0 Å². The zero-order chi connectivity index (χ0) is 15.8. The lowest BCUT2D eigenvalue weighted by atomic mass is 10.0. The second-order valence-corrected chi connectivity index (χ2v) is 6.14. The van der Waals surface area contributed by atoms with Crippen molar-refractivity contribution >= 4 is 11.0 Å². The molecule has 1 aliphatic rings. The molecule has 1 atom stereocenters. The highest BCUT2D eigenvalue weighted by atomic mass is 16.4. The standard InChI is InChI=1S/C20H19NO2/c1-13-8-9-19-16(10-13)11-17(23-19)12-18-14(2)22-20(21-18)15-6-4-3-5-7-15/h3-6,8-11,15H,7,12H2,1-2H3. The van der Waals surface area contributed by atoms with Gasteiger partial charge in [0.25, 0.3) is 0 Å². The lowest BCUT2D eigenvalue weighted by Crippen LogP contribution is -1.97. The first-order valence-electron chi connectivity index (χ1n) is 7.97. The third kappa shape index (κ3) is 2.74. The minimum absolute atomic E-state index is 0.241. The van der Waals surface area contributed by atoms with Crippen molar-refractivity contribution < 1.29 is 8.83 Å². The van der Waals surface area contributed by atoms with E-state index in [2.05, 4.69) is 49.4 Å². The second-order valence-electron chi connectivity index (χ2n) is 6.14. The minimum atomic E-state index is 0.241. The lowest BCUT2D eigenvalue weighted by molar-refractivity contribution is 0.452. The fourth-order valence-electron chi connectivity index (χ4n) is 3.01. The highest BCUT2D eigenvalue weighted by Crippen LogP contribution is 2.28. The topological polar surface area (TPSA) is 39.2 Å². The molecule has 0 fully saturated rings. The van der Waals surface area contributed by atoms with Gasteiger partial charge in [-0.15, -0.1) is 0 Å². The van der Waals surface area contributed by atoms with E-state index in [9.17, 15) is 0 Å². The number of oxazole rings is 1. The highest BCUT2D eigenvalue weighted by molar-refractivity contribution is 5.78. The summed E-state index contributed by atoms with van der Waals surface area (Å²) >= 11 is 0. The van der Waals surface area contributed by atoms with Gasteiger partial charge in [0, 0.05) is 5.39 Å². The molecule has 4 rings (SSSR count). The van der Waals surface area contributed by atoms with Crippen LogP contribution in [0.4, 0.5) is 0 Å². The quantitative estimate of drug-likeness (QED) is 0.665. The number of aryl methyl sites for hydroxylation is 2. The van der Waals surface area contributed by atoms with Crippen LogP contribution >= 0.6 is 0 Å². The van der Waals surface area contributed by atoms with E-state index >= 15 is 0 Å². The fraction of sp³-hybridized carbons (Fsp3) is 0.250. The first kappa shape index (κ1) is 14.1. The maximum Gasteiger partial charge on any atom is 0.201 e. The number of nitrogens with zero attached hydrogens (tertiary/aromatic N) is 1. The molecule has 0 aliphatic heterocycles. The van der Waals surface area contributed by atoms with Crippen LogP contribution in [-0.2, 0) is 6.42 Å². The van der Waals surface area contributed by atoms with Crippen LogP contribution in [0.3, 0.4) is 0 Å². The average Bonchev–Trinajstić information content (AvgIpc) is 3.11. The highest BCUT2D eigenvalue weighted by Gasteiger charge is 2.18. The van der Waals surface area contributed by atoms with Gasteiger partial charge in [-0.3, -0.25) is 0 Å². The van der Waals surface area contributed by atoms with Gasteiger partial charge in [0.15, 0.2) is 0 Å². The predicted octanol–water partition coefficient (Wildman–Crippen LogP) is 5.23. The molecule has 3 heteroatoms. The fourth-order valence-corrected chi connectivity index (χ4v) is 3.01. The molecular formula is C20H19NO2.